The van der Waals surface area contributed by atoms with Gasteiger partial charge in [0.05, 0.1) is 0 Å². The van der Waals surface area contributed by atoms with E-state index in [1.54, 1.807) is 6.07 Å². The SMILES string of the molecule is CC(=O)c1cccc(NS(=O)(=O)c2ccc(Cl)cc2F)c1. The van der Waals surface area contributed by atoms with Crippen LogP contribution in [-0.4, -0.2) is 14.2 Å². The van der Waals surface area contributed by atoms with E-state index in [0.29, 0.717) is 5.56 Å². The van der Waals surface area contributed by atoms with E-state index in [1.165, 1.54) is 31.2 Å². The standard InChI is InChI=1S/C14H11ClFNO3S/c1-9(18)10-3-2-4-12(7-10)17-21(19,20)14-6-5-11(15)8-13(14)16/h2-8,17H,1H3. The fourth-order valence-corrected chi connectivity index (χ4v) is 2.97. The molecular weight excluding hydrogens is 317 g/mol. The number of hydrogen-bond donors (Lipinski definition) is 1. The van der Waals surface area contributed by atoms with E-state index in [4.69, 9.17) is 11.6 Å². The van der Waals surface area contributed by atoms with Crippen LogP contribution in [0.15, 0.2) is 47.4 Å². The van der Waals surface area contributed by atoms with Crippen LogP contribution in [0, 0.1) is 5.82 Å². The second-order valence-electron chi connectivity index (χ2n) is 4.32. The maximum atomic E-state index is 13.7. The highest BCUT2D eigenvalue weighted by Crippen LogP contribution is 2.22. The zero-order chi connectivity index (χ0) is 15.6. The van der Waals surface area contributed by atoms with Gasteiger partial charge in [0.2, 0.25) is 0 Å². The Labute approximate surface area is 126 Å². The number of anilines is 1. The van der Waals surface area contributed by atoms with Crippen molar-refractivity contribution in [1.29, 1.82) is 0 Å². The molecule has 21 heavy (non-hydrogen) atoms. The lowest BCUT2D eigenvalue weighted by atomic mass is 10.1. The van der Waals surface area contributed by atoms with E-state index in [9.17, 15) is 17.6 Å². The Bertz CT molecular complexity index is 806. The fraction of sp³-hybridized carbons (Fsp3) is 0.0714. The molecule has 0 fully saturated rings. The van der Waals surface area contributed by atoms with Crippen molar-refractivity contribution in [3.8, 4) is 0 Å². The summed E-state index contributed by atoms with van der Waals surface area (Å²) < 4.78 is 40.2. The first-order chi connectivity index (χ1) is 9.79. The monoisotopic (exact) mass is 327 g/mol. The summed E-state index contributed by atoms with van der Waals surface area (Å²) in [6.45, 7) is 1.37. The molecule has 0 radical (unpaired) electrons. The minimum atomic E-state index is -4.10. The van der Waals surface area contributed by atoms with Crippen molar-refractivity contribution in [1.82, 2.24) is 0 Å². The minimum absolute atomic E-state index is 0.102. The van der Waals surface area contributed by atoms with Crippen LogP contribution in [0.25, 0.3) is 0 Å². The number of rotatable bonds is 4. The summed E-state index contributed by atoms with van der Waals surface area (Å²) >= 11 is 5.59. The topological polar surface area (TPSA) is 63.2 Å². The molecule has 0 aliphatic rings. The van der Waals surface area contributed by atoms with Gasteiger partial charge >= 0.3 is 0 Å². The van der Waals surface area contributed by atoms with E-state index < -0.39 is 20.7 Å². The number of nitrogens with one attached hydrogen (secondary N) is 1. The third-order valence-corrected chi connectivity index (χ3v) is 4.35. The van der Waals surface area contributed by atoms with Gasteiger partial charge in [0.25, 0.3) is 10.0 Å². The fourth-order valence-electron chi connectivity index (χ4n) is 1.70. The molecule has 1 N–H and O–H groups in total. The molecule has 0 atom stereocenters. The van der Waals surface area contributed by atoms with Gasteiger partial charge in [-0.1, -0.05) is 23.7 Å². The van der Waals surface area contributed by atoms with Gasteiger partial charge in [-0.3, -0.25) is 9.52 Å². The van der Waals surface area contributed by atoms with E-state index in [1.807, 2.05) is 0 Å². The van der Waals surface area contributed by atoms with Crippen molar-refractivity contribution < 1.29 is 17.6 Å². The summed E-state index contributed by atoms with van der Waals surface area (Å²) in [6.07, 6.45) is 0. The Morgan fingerprint density at radius 2 is 1.90 bits per heavy atom. The van der Waals surface area contributed by atoms with Crippen LogP contribution in [-0.2, 0) is 10.0 Å². The Hall–Kier alpha value is -1.92. The van der Waals surface area contributed by atoms with Crippen LogP contribution in [0.5, 0.6) is 0 Å². The van der Waals surface area contributed by atoms with E-state index in [-0.39, 0.29) is 16.5 Å². The molecule has 0 aromatic heterocycles. The molecule has 0 bridgehead atoms. The van der Waals surface area contributed by atoms with Gasteiger partial charge in [0.1, 0.15) is 10.7 Å². The molecule has 0 amide bonds. The lowest BCUT2D eigenvalue weighted by Gasteiger charge is -2.09. The first-order valence-electron chi connectivity index (χ1n) is 5.88. The Kier molecular flexibility index (Phi) is 4.29. The van der Waals surface area contributed by atoms with Gasteiger partial charge in [0.15, 0.2) is 5.78 Å². The summed E-state index contributed by atoms with van der Waals surface area (Å²) in [4.78, 5) is 10.8. The summed E-state index contributed by atoms with van der Waals surface area (Å²) in [7, 11) is -4.10. The molecule has 0 heterocycles. The van der Waals surface area contributed by atoms with Crippen molar-refractivity contribution in [2.45, 2.75) is 11.8 Å². The van der Waals surface area contributed by atoms with Gasteiger partial charge in [-0.25, -0.2) is 12.8 Å². The lowest BCUT2D eigenvalue weighted by molar-refractivity contribution is 0.101. The Balaban J connectivity index is 2.37. The third-order valence-electron chi connectivity index (χ3n) is 2.70. The van der Waals surface area contributed by atoms with Crippen molar-refractivity contribution in [2.24, 2.45) is 0 Å². The molecule has 4 nitrogen and oxygen atoms in total. The van der Waals surface area contributed by atoms with Crippen LogP contribution in [0.3, 0.4) is 0 Å². The molecule has 0 spiro atoms. The molecule has 0 saturated carbocycles. The number of benzene rings is 2. The van der Waals surface area contributed by atoms with Gasteiger partial charge < -0.3 is 0 Å². The highest BCUT2D eigenvalue weighted by Gasteiger charge is 2.19. The second-order valence-corrected chi connectivity index (χ2v) is 6.40. The normalized spacial score (nSPS) is 11.2. The molecule has 7 heteroatoms. The summed E-state index contributed by atoms with van der Waals surface area (Å²) in [5.74, 6) is -1.15. The number of sulfonamides is 1. The van der Waals surface area contributed by atoms with Crippen molar-refractivity contribution >= 4 is 33.1 Å². The van der Waals surface area contributed by atoms with E-state index >= 15 is 0 Å². The van der Waals surface area contributed by atoms with E-state index in [0.717, 1.165) is 12.1 Å². The van der Waals surface area contributed by atoms with Gasteiger partial charge in [-0.15, -0.1) is 0 Å². The summed E-state index contributed by atoms with van der Waals surface area (Å²) in [5.41, 5.74) is 0.531. The zero-order valence-electron chi connectivity index (χ0n) is 10.9. The summed E-state index contributed by atoms with van der Waals surface area (Å²) in [6, 6.07) is 9.23. The van der Waals surface area contributed by atoms with Crippen LogP contribution in [0.2, 0.25) is 5.02 Å². The Morgan fingerprint density at radius 1 is 1.19 bits per heavy atom. The van der Waals surface area contributed by atoms with Crippen molar-refractivity contribution in [3.63, 3.8) is 0 Å². The predicted molar refractivity (Wildman–Crippen MR) is 78.7 cm³/mol. The lowest BCUT2D eigenvalue weighted by Crippen LogP contribution is -2.14. The molecule has 0 saturated heterocycles. The highest BCUT2D eigenvalue weighted by atomic mass is 35.5. The Morgan fingerprint density at radius 3 is 2.52 bits per heavy atom. The third kappa shape index (κ3) is 3.59. The van der Waals surface area contributed by atoms with Gasteiger partial charge in [0, 0.05) is 16.3 Å². The highest BCUT2D eigenvalue weighted by molar-refractivity contribution is 7.92. The molecule has 2 aromatic carbocycles. The number of carbonyl (C=O) groups is 1. The number of carbonyl (C=O) groups excluding carboxylic acids is 1. The maximum Gasteiger partial charge on any atom is 0.264 e. The predicted octanol–water partition coefficient (Wildman–Crippen LogP) is 3.48. The molecule has 0 aliphatic carbocycles. The van der Waals surface area contributed by atoms with Crippen LogP contribution < -0.4 is 4.72 Å². The van der Waals surface area contributed by atoms with Gasteiger partial charge in [-0.05, 0) is 37.3 Å². The second kappa shape index (κ2) is 5.83. The van der Waals surface area contributed by atoms with Crippen LogP contribution in [0.1, 0.15) is 17.3 Å². The number of halogens is 2. The number of ketones is 1. The first-order valence-corrected chi connectivity index (χ1v) is 7.74. The average molecular weight is 328 g/mol. The number of hydrogen-bond acceptors (Lipinski definition) is 3. The van der Waals surface area contributed by atoms with Crippen molar-refractivity contribution in [2.75, 3.05) is 4.72 Å². The minimum Gasteiger partial charge on any atom is -0.295 e. The molecule has 0 unspecified atom stereocenters. The molecule has 2 rings (SSSR count). The van der Waals surface area contributed by atoms with Crippen LogP contribution >= 0.6 is 11.6 Å². The van der Waals surface area contributed by atoms with Crippen molar-refractivity contribution in [3.05, 3.63) is 58.9 Å². The quantitative estimate of drug-likeness (QED) is 0.874. The molecular formula is C14H11ClFNO3S. The zero-order valence-corrected chi connectivity index (χ0v) is 12.5. The van der Waals surface area contributed by atoms with Crippen LogP contribution in [0.4, 0.5) is 10.1 Å². The smallest absolute Gasteiger partial charge is 0.264 e. The average Bonchev–Trinajstić information content (AvgIpc) is 2.37. The van der Waals surface area contributed by atoms with Gasteiger partial charge in [-0.2, -0.15) is 0 Å². The van der Waals surface area contributed by atoms with E-state index in [2.05, 4.69) is 4.72 Å². The molecule has 110 valence electrons. The molecule has 0 aliphatic heterocycles. The molecule has 2 aromatic rings. The summed E-state index contributed by atoms with van der Waals surface area (Å²) in [5, 5.41) is 0.102. The number of Topliss-reactive ketones (excluding diaryl/α,β-unsaturated/α-hetero) is 1. The largest absolute Gasteiger partial charge is 0.295 e. The maximum absolute atomic E-state index is 13.7. The first kappa shape index (κ1) is 15.5.